The minimum atomic E-state index is 0.765. The number of nitrogens with one attached hydrogen (secondary N) is 1. The molecule has 0 radical (unpaired) electrons. The van der Waals surface area contributed by atoms with Gasteiger partial charge in [0.25, 0.3) is 0 Å². The Balaban J connectivity index is 1.66. The van der Waals surface area contributed by atoms with Crippen molar-refractivity contribution >= 4 is 16.7 Å². The van der Waals surface area contributed by atoms with Gasteiger partial charge in [-0.3, -0.25) is 0 Å². The minimum Gasteiger partial charge on any atom is -0.497 e. The number of hydrogen-bond donors (Lipinski definition) is 1. The van der Waals surface area contributed by atoms with E-state index in [9.17, 15) is 0 Å². The highest BCUT2D eigenvalue weighted by atomic mass is 16.5. The van der Waals surface area contributed by atoms with Gasteiger partial charge >= 0.3 is 0 Å². The number of ether oxygens (including phenoxy) is 1. The fraction of sp³-hybridized carbons (Fsp3) is 0.600. The summed E-state index contributed by atoms with van der Waals surface area (Å²) in [5, 5.41) is 1.37. The minimum absolute atomic E-state index is 0.765. The van der Waals surface area contributed by atoms with Gasteiger partial charge in [0.1, 0.15) is 11.6 Å². The molecule has 1 aliphatic carbocycles. The normalized spacial score (nSPS) is 32.0. The Labute approximate surface area is 138 Å². The number of H-pyrrole nitrogens is 1. The van der Waals surface area contributed by atoms with E-state index < -0.39 is 0 Å². The van der Waals surface area contributed by atoms with Crippen LogP contribution in [-0.4, -0.2) is 24.7 Å². The molecule has 2 saturated heterocycles. The third kappa shape index (κ3) is 1.88. The summed E-state index contributed by atoms with van der Waals surface area (Å²) < 4.78 is 5.46. The summed E-state index contributed by atoms with van der Waals surface area (Å²) in [5.41, 5.74) is 2.80. The Hall–Kier alpha value is -1.64. The molecular weight excluding hydrogens is 284 g/mol. The number of aromatic amines is 1. The van der Waals surface area contributed by atoms with Crippen molar-refractivity contribution in [2.75, 3.05) is 18.6 Å². The molecule has 4 heterocycles. The van der Waals surface area contributed by atoms with Gasteiger partial charge in [0.2, 0.25) is 0 Å². The van der Waals surface area contributed by atoms with Crippen molar-refractivity contribution in [3.05, 3.63) is 23.8 Å². The van der Waals surface area contributed by atoms with E-state index in [1.165, 1.54) is 60.9 Å². The van der Waals surface area contributed by atoms with Crippen molar-refractivity contribution in [2.45, 2.75) is 45.1 Å². The van der Waals surface area contributed by atoms with Crippen LogP contribution in [0.4, 0.5) is 5.82 Å². The molecule has 3 fully saturated rings. The van der Waals surface area contributed by atoms with E-state index in [1.54, 1.807) is 7.11 Å². The highest BCUT2D eigenvalue weighted by Crippen LogP contribution is 2.50. The van der Waals surface area contributed by atoms with E-state index in [0.717, 1.165) is 29.5 Å². The first kappa shape index (κ1) is 13.8. The van der Waals surface area contributed by atoms with Crippen molar-refractivity contribution in [3.63, 3.8) is 0 Å². The molecule has 4 aliphatic rings. The molecule has 2 aromatic rings. The van der Waals surface area contributed by atoms with Crippen molar-refractivity contribution in [3.8, 4) is 5.75 Å². The zero-order valence-electron chi connectivity index (χ0n) is 14.1. The van der Waals surface area contributed by atoms with Gasteiger partial charge in [0.05, 0.1) is 7.11 Å². The summed E-state index contributed by atoms with van der Waals surface area (Å²) in [6.45, 7) is 3.64. The number of rotatable bonds is 2. The third-order valence-corrected chi connectivity index (χ3v) is 6.72. The maximum Gasteiger partial charge on any atom is 0.119 e. The summed E-state index contributed by atoms with van der Waals surface area (Å²) in [6.07, 6.45) is 6.81. The summed E-state index contributed by atoms with van der Waals surface area (Å²) in [6, 6.07) is 7.23. The van der Waals surface area contributed by atoms with Crippen LogP contribution in [0.15, 0.2) is 18.2 Å². The molecule has 1 aromatic carbocycles. The van der Waals surface area contributed by atoms with E-state index in [1.807, 2.05) is 0 Å². The van der Waals surface area contributed by atoms with Gasteiger partial charge in [0, 0.05) is 29.1 Å². The topological polar surface area (TPSA) is 28.3 Å². The van der Waals surface area contributed by atoms with Crippen molar-refractivity contribution in [1.82, 2.24) is 4.98 Å². The number of aromatic nitrogens is 1. The van der Waals surface area contributed by atoms with Crippen LogP contribution in [0.25, 0.3) is 10.9 Å². The fourth-order valence-corrected chi connectivity index (χ4v) is 5.78. The van der Waals surface area contributed by atoms with Crippen LogP contribution >= 0.6 is 0 Å². The standard InChI is InChI=1S/C20H26N2O/c1-3-13-8-12-9-14-4-6-16-17-10-15(23-2)5-7-18(17)21-20(16)22(11-12)19(13)14/h5,7,10,12-14,19,21H,3-4,6,8-9,11H2,1-2H3. The molecule has 1 saturated carbocycles. The Morgan fingerprint density at radius 1 is 1.30 bits per heavy atom. The molecule has 6 rings (SSSR count). The maximum atomic E-state index is 5.46. The lowest BCUT2D eigenvalue weighted by Gasteiger charge is -2.54. The van der Waals surface area contributed by atoms with E-state index in [0.29, 0.717) is 0 Å². The van der Waals surface area contributed by atoms with Crippen LogP contribution in [0.1, 0.15) is 38.2 Å². The van der Waals surface area contributed by atoms with Gasteiger partial charge in [0.15, 0.2) is 0 Å². The Morgan fingerprint density at radius 3 is 3.04 bits per heavy atom. The maximum absolute atomic E-state index is 5.46. The number of aryl methyl sites for hydroxylation is 1. The zero-order valence-corrected chi connectivity index (χ0v) is 14.1. The van der Waals surface area contributed by atoms with Crippen LogP contribution in [0.3, 0.4) is 0 Å². The molecule has 3 heteroatoms. The summed E-state index contributed by atoms with van der Waals surface area (Å²) >= 11 is 0. The largest absolute Gasteiger partial charge is 0.497 e. The van der Waals surface area contributed by atoms with Crippen LogP contribution in [0.5, 0.6) is 5.75 Å². The van der Waals surface area contributed by atoms with Gasteiger partial charge in [-0.25, -0.2) is 0 Å². The number of hydrogen-bond acceptors (Lipinski definition) is 2. The molecule has 3 aliphatic heterocycles. The van der Waals surface area contributed by atoms with Gasteiger partial charge in [-0.2, -0.15) is 0 Å². The van der Waals surface area contributed by atoms with Crippen LogP contribution in [-0.2, 0) is 6.42 Å². The predicted molar refractivity (Wildman–Crippen MR) is 94.3 cm³/mol. The predicted octanol–water partition coefficient (Wildman–Crippen LogP) is 4.36. The third-order valence-electron chi connectivity index (χ3n) is 6.72. The van der Waals surface area contributed by atoms with Crippen LogP contribution in [0, 0.1) is 17.8 Å². The quantitative estimate of drug-likeness (QED) is 0.892. The molecule has 23 heavy (non-hydrogen) atoms. The molecule has 3 nitrogen and oxygen atoms in total. The fourth-order valence-electron chi connectivity index (χ4n) is 5.78. The highest BCUT2D eigenvalue weighted by molar-refractivity contribution is 5.90. The van der Waals surface area contributed by atoms with Crippen molar-refractivity contribution in [1.29, 1.82) is 0 Å². The number of nitrogens with zero attached hydrogens (tertiary/aromatic N) is 1. The number of benzene rings is 1. The zero-order chi connectivity index (χ0) is 15.6. The molecule has 4 bridgehead atoms. The molecule has 4 atom stereocenters. The van der Waals surface area contributed by atoms with Gasteiger partial charge in [-0.1, -0.05) is 13.3 Å². The van der Waals surface area contributed by atoms with Crippen LogP contribution in [0.2, 0.25) is 0 Å². The van der Waals surface area contributed by atoms with Crippen LogP contribution < -0.4 is 9.64 Å². The molecule has 0 spiro atoms. The summed E-state index contributed by atoms with van der Waals surface area (Å²) in [4.78, 5) is 6.52. The Morgan fingerprint density at radius 2 is 2.22 bits per heavy atom. The number of methoxy groups -OCH3 is 1. The lowest BCUT2D eigenvalue weighted by molar-refractivity contribution is 0.101. The first-order valence-electron chi connectivity index (χ1n) is 9.23. The number of piperidine rings is 2. The van der Waals surface area contributed by atoms with Gasteiger partial charge in [-0.15, -0.1) is 0 Å². The average Bonchev–Trinajstić information content (AvgIpc) is 2.92. The first-order valence-corrected chi connectivity index (χ1v) is 9.23. The van der Waals surface area contributed by atoms with E-state index in [2.05, 4.69) is 35.0 Å². The summed E-state index contributed by atoms with van der Waals surface area (Å²) in [7, 11) is 1.76. The number of anilines is 1. The number of fused-ring (bicyclic) bond motifs is 4. The smallest absolute Gasteiger partial charge is 0.119 e. The second-order valence-corrected chi connectivity index (χ2v) is 7.81. The van der Waals surface area contributed by atoms with E-state index in [-0.39, 0.29) is 0 Å². The van der Waals surface area contributed by atoms with E-state index in [4.69, 9.17) is 4.74 Å². The SMILES string of the molecule is CCC1CC2CC3CCc4c([nH]c5ccc(OC)cc45)N(C2)C13. The lowest BCUT2D eigenvalue weighted by Crippen LogP contribution is -2.57. The Kier molecular flexibility index (Phi) is 2.95. The highest BCUT2D eigenvalue weighted by Gasteiger charge is 2.48. The second-order valence-electron chi connectivity index (χ2n) is 7.81. The average molecular weight is 310 g/mol. The lowest BCUT2D eigenvalue weighted by atomic mass is 9.65. The molecule has 0 amide bonds. The molecular formula is C20H26N2O. The van der Waals surface area contributed by atoms with Crippen molar-refractivity contribution in [2.24, 2.45) is 17.8 Å². The van der Waals surface area contributed by atoms with Gasteiger partial charge < -0.3 is 14.6 Å². The second kappa shape index (κ2) is 4.93. The van der Waals surface area contributed by atoms with Crippen molar-refractivity contribution < 1.29 is 4.74 Å². The molecule has 4 unspecified atom stereocenters. The Bertz CT molecular complexity index is 749. The summed E-state index contributed by atoms with van der Waals surface area (Å²) in [5.74, 6) is 5.08. The molecule has 1 aromatic heterocycles. The first-order chi connectivity index (χ1) is 11.3. The monoisotopic (exact) mass is 310 g/mol. The molecule has 122 valence electrons. The van der Waals surface area contributed by atoms with Gasteiger partial charge in [-0.05, 0) is 61.6 Å². The van der Waals surface area contributed by atoms with E-state index >= 15 is 0 Å². The molecule has 1 N–H and O–H groups in total.